The molecule has 0 aromatic carbocycles. The fourth-order valence-electron chi connectivity index (χ4n) is 1.14. The molecule has 11 heavy (non-hydrogen) atoms. The number of carbonyl (C=O) groups excluding carboxylic acids is 1. The van der Waals surface area contributed by atoms with Crippen LogP contribution in [0.1, 0.15) is 13.8 Å². The van der Waals surface area contributed by atoms with Crippen LogP contribution in [-0.2, 0) is 0 Å². The monoisotopic (exact) mass is 158 g/mol. The van der Waals surface area contributed by atoms with Crippen LogP contribution in [0.4, 0.5) is 4.79 Å². The van der Waals surface area contributed by atoms with E-state index < -0.39 is 6.23 Å². The molecule has 1 heterocycles. The summed E-state index contributed by atoms with van der Waals surface area (Å²) in [5, 5.41) is 9.25. The lowest BCUT2D eigenvalue weighted by molar-refractivity contribution is 0.0783. The number of β-amino-alcohol motifs (C(OH)–C–C–N with tert-alkyl or cyclic N) is 1. The Labute approximate surface area is 66.4 Å². The van der Waals surface area contributed by atoms with Gasteiger partial charge in [0.05, 0.1) is 6.54 Å². The summed E-state index contributed by atoms with van der Waals surface area (Å²) in [7, 11) is 1.61. The molecule has 0 aliphatic carbocycles. The van der Waals surface area contributed by atoms with Gasteiger partial charge in [-0.25, -0.2) is 4.79 Å². The maximum absolute atomic E-state index is 11.2. The molecule has 0 aromatic rings. The quantitative estimate of drug-likeness (QED) is 0.587. The van der Waals surface area contributed by atoms with Crippen molar-refractivity contribution in [1.29, 1.82) is 0 Å². The summed E-state index contributed by atoms with van der Waals surface area (Å²) in [5.41, 5.74) is 0. The van der Waals surface area contributed by atoms with Gasteiger partial charge in [-0.1, -0.05) is 0 Å². The molecule has 1 aliphatic rings. The maximum atomic E-state index is 11.2. The minimum absolute atomic E-state index is 0.0903. The van der Waals surface area contributed by atoms with Crippen LogP contribution >= 0.6 is 0 Å². The topological polar surface area (TPSA) is 43.8 Å². The predicted molar refractivity (Wildman–Crippen MR) is 41.0 cm³/mol. The normalized spacial score (nSPS) is 25.5. The number of nitrogens with zero attached hydrogens (tertiary/aromatic N) is 2. The molecule has 1 atom stereocenters. The molecule has 1 aliphatic heterocycles. The minimum Gasteiger partial charge on any atom is -0.372 e. The van der Waals surface area contributed by atoms with Gasteiger partial charge in [0, 0.05) is 13.1 Å². The average molecular weight is 158 g/mol. The summed E-state index contributed by atoms with van der Waals surface area (Å²) in [6, 6.07) is 0.0783. The second-order valence-electron chi connectivity index (χ2n) is 3.12. The Morgan fingerprint density at radius 1 is 1.64 bits per heavy atom. The van der Waals surface area contributed by atoms with E-state index in [1.807, 2.05) is 13.8 Å². The fraction of sp³-hybridized carbons (Fsp3) is 0.857. The highest BCUT2D eigenvalue weighted by molar-refractivity contribution is 5.76. The van der Waals surface area contributed by atoms with Crippen LogP contribution in [0.5, 0.6) is 0 Å². The molecule has 0 radical (unpaired) electrons. The molecule has 1 rings (SSSR count). The van der Waals surface area contributed by atoms with Crippen molar-refractivity contribution in [3.05, 3.63) is 0 Å². The molecule has 1 saturated heterocycles. The highest BCUT2D eigenvalue weighted by Crippen LogP contribution is 2.14. The smallest absolute Gasteiger partial charge is 0.322 e. The first kappa shape index (κ1) is 8.33. The zero-order valence-corrected chi connectivity index (χ0v) is 7.11. The second kappa shape index (κ2) is 2.70. The molecule has 2 amide bonds. The summed E-state index contributed by atoms with van der Waals surface area (Å²) in [5.74, 6) is 0. The third-order valence-electron chi connectivity index (χ3n) is 1.98. The molecule has 64 valence electrons. The van der Waals surface area contributed by atoms with Gasteiger partial charge >= 0.3 is 6.03 Å². The molecule has 4 nitrogen and oxygen atoms in total. The molecule has 1 fully saturated rings. The number of amides is 2. The molecule has 0 spiro atoms. The Kier molecular flexibility index (Phi) is 2.04. The molecular formula is C7H14N2O2. The van der Waals surface area contributed by atoms with Crippen LogP contribution in [0.2, 0.25) is 0 Å². The lowest BCUT2D eigenvalue weighted by Crippen LogP contribution is -2.34. The Morgan fingerprint density at radius 3 is 2.36 bits per heavy atom. The first-order chi connectivity index (χ1) is 5.04. The van der Waals surface area contributed by atoms with Gasteiger partial charge in [-0.3, -0.25) is 0 Å². The van der Waals surface area contributed by atoms with Crippen LogP contribution in [0.15, 0.2) is 0 Å². The number of likely N-dealkylation sites (N-methyl/N-ethyl adjacent to an activating group) is 1. The van der Waals surface area contributed by atoms with Gasteiger partial charge in [-0.15, -0.1) is 0 Å². The number of carbonyl (C=O) groups is 1. The van der Waals surface area contributed by atoms with Gasteiger partial charge in [-0.2, -0.15) is 0 Å². The van der Waals surface area contributed by atoms with E-state index >= 15 is 0 Å². The van der Waals surface area contributed by atoms with Crippen LogP contribution < -0.4 is 0 Å². The first-order valence-electron chi connectivity index (χ1n) is 3.75. The van der Waals surface area contributed by atoms with E-state index in [2.05, 4.69) is 0 Å². The van der Waals surface area contributed by atoms with Gasteiger partial charge in [0.25, 0.3) is 0 Å². The van der Waals surface area contributed by atoms with E-state index in [0.29, 0.717) is 6.54 Å². The number of urea groups is 1. The maximum Gasteiger partial charge on any atom is 0.322 e. The third kappa shape index (κ3) is 1.30. The van der Waals surface area contributed by atoms with Crippen molar-refractivity contribution < 1.29 is 9.90 Å². The van der Waals surface area contributed by atoms with Crippen molar-refractivity contribution in [2.24, 2.45) is 0 Å². The minimum atomic E-state index is -0.634. The predicted octanol–water partition coefficient (Wildman–Crippen LogP) is 0.0806. The second-order valence-corrected chi connectivity index (χ2v) is 3.12. The van der Waals surface area contributed by atoms with Crippen molar-refractivity contribution in [2.45, 2.75) is 26.1 Å². The molecule has 0 aromatic heterocycles. The lowest BCUT2D eigenvalue weighted by Gasteiger charge is -2.19. The summed E-state index contributed by atoms with van der Waals surface area (Å²) in [6.45, 7) is 4.29. The lowest BCUT2D eigenvalue weighted by atomic mass is 10.3. The fourth-order valence-corrected chi connectivity index (χ4v) is 1.14. The van der Waals surface area contributed by atoms with E-state index in [-0.39, 0.29) is 12.1 Å². The van der Waals surface area contributed by atoms with E-state index in [1.165, 1.54) is 4.90 Å². The Bertz CT molecular complexity index is 170. The summed E-state index contributed by atoms with van der Waals surface area (Å²) in [4.78, 5) is 14.2. The van der Waals surface area contributed by atoms with Crippen LogP contribution in [0.25, 0.3) is 0 Å². The molecule has 0 bridgehead atoms. The molecular weight excluding hydrogens is 144 g/mol. The van der Waals surface area contributed by atoms with Crippen molar-refractivity contribution in [2.75, 3.05) is 13.6 Å². The van der Waals surface area contributed by atoms with Gasteiger partial charge in [0.1, 0.15) is 6.23 Å². The average Bonchev–Trinajstić information content (AvgIpc) is 2.17. The Morgan fingerprint density at radius 2 is 2.18 bits per heavy atom. The van der Waals surface area contributed by atoms with Crippen LogP contribution in [0, 0.1) is 0 Å². The third-order valence-corrected chi connectivity index (χ3v) is 1.98. The number of hydrogen-bond donors (Lipinski definition) is 1. The number of aliphatic hydroxyl groups excluding tert-OH is 1. The van der Waals surface area contributed by atoms with Gasteiger partial charge in [0.2, 0.25) is 0 Å². The van der Waals surface area contributed by atoms with Gasteiger partial charge < -0.3 is 14.9 Å². The van der Waals surface area contributed by atoms with Crippen LogP contribution in [-0.4, -0.2) is 46.8 Å². The molecule has 0 saturated carbocycles. The van der Waals surface area contributed by atoms with Crippen molar-refractivity contribution >= 4 is 6.03 Å². The van der Waals surface area contributed by atoms with Gasteiger partial charge in [0.15, 0.2) is 0 Å². The standard InChI is InChI=1S/C7H14N2O2/c1-5(2)9-4-6(10)8(3)7(9)11/h5-6,10H,4H2,1-3H3. The highest BCUT2D eigenvalue weighted by Gasteiger charge is 2.34. The largest absolute Gasteiger partial charge is 0.372 e. The highest BCUT2D eigenvalue weighted by atomic mass is 16.3. The summed E-state index contributed by atoms with van der Waals surface area (Å²) in [6.07, 6.45) is -0.634. The van der Waals surface area contributed by atoms with Crippen molar-refractivity contribution in [3.8, 4) is 0 Å². The molecule has 1 unspecified atom stereocenters. The Balaban J connectivity index is 2.67. The SMILES string of the molecule is CC(C)N1CC(O)N(C)C1=O. The van der Waals surface area contributed by atoms with E-state index in [1.54, 1.807) is 11.9 Å². The molecule has 4 heteroatoms. The number of aliphatic hydroxyl groups is 1. The van der Waals surface area contributed by atoms with Crippen molar-refractivity contribution in [3.63, 3.8) is 0 Å². The zero-order chi connectivity index (χ0) is 8.59. The number of rotatable bonds is 1. The van der Waals surface area contributed by atoms with E-state index in [4.69, 9.17) is 0 Å². The molecule has 1 N–H and O–H groups in total. The first-order valence-corrected chi connectivity index (χ1v) is 3.75. The Hall–Kier alpha value is -0.770. The summed E-state index contributed by atoms with van der Waals surface area (Å²) < 4.78 is 0. The van der Waals surface area contributed by atoms with Gasteiger partial charge in [-0.05, 0) is 13.8 Å². The van der Waals surface area contributed by atoms with Crippen molar-refractivity contribution in [1.82, 2.24) is 9.80 Å². The number of hydrogen-bond acceptors (Lipinski definition) is 2. The van der Waals surface area contributed by atoms with Crippen LogP contribution in [0.3, 0.4) is 0 Å². The van der Waals surface area contributed by atoms with E-state index in [0.717, 1.165) is 0 Å². The summed E-state index contributed by atoms with van der Waals surface area (Å²) >= 11 is 0. The van der Waals surface area contributed by atoms with E-state index in [9.17, 15) is 9.90 Å². The zero-order valence-electron chi connectivity index (χ0n) is 7.11.